The SMILES string of the molecule is COc1cc(OC)c(NC(=S)Nc2ccc(NC(=O)c3ccc(F)cc3)cc2)cc1Cl. The molecule has 6 nitrogen and oxygen atoms in total. The number of halogens is 2. The van der Waals surface area contributed by atoms with Crippen molar-refractivity contribution in [1.82, 2.24) is 0 Å². The van der Waals surface area contributed by atoms with E-state index in [1.165, 1.54) is 38.5 Å². The molecule has 0 bridgehead atoms. The number of carbonyl (C=O) groups excluding carboxylic acids is 1. The second-order valence-electron chi connectivity index (χ2n) is 6.30. The Kier molecular flexibility index (Phi) is 7.28. The van der Waals surface area contributed by atoms with Crippen LogP contribution >= 0.6 is 23.8 Å². The summed E-state index contributed by atoms with van der Waals surface area (Å²) in [5.74, 6) is 0.276. The van der Waals surface area contributed by atoms with Crippen molar-refractivity contribution in [3.05, 3.63) is 77.1 Å². The van der Waals surface area contributed by atoms with Crippen molar-refractivity contribution >= 4 is 51.9 Å². The summed E-state index contributed by atoms with van der Waals surface area (Å²) < 4.78 is 23.5. The van der Waals surface area contributed by atoms with Gasteiger partial charge in [-0.15, -0.1) is 0 Å². The standard InChI is InChI=1S/C22H19ClFN3O3S/c1-29-19-12-20(30-2)18(11-17(19)23)27-22(31)26-16-9-7-15(8-10-16)25-21(28)13-3-5-14(24)6-4-13/h3-12H,1-2H3,(H,25,28)(H2,26,27,31). The van der Waals surface area contributed by atoms with Crippen LogP contribution in [0.15, 0.2) is 60.7 Å². The van der Waals surface area contributed by atoms with Crippen LogP contribution in [0, 0.1) is 5.82 Å². The molecule has 3 rings (SSSR count). The van der Waals surface area contributed by atoms with Gasteiger partial charge in [0.2, 0.25) is 0 Å². The Morgan fingerprint density at radius 3 is 2.03 bits per heavy atom. The summed E-state index contributed by atoms with van der Waals surface area (Å²) in [5.41, 5.74) is 2.23. The lowest BCUT2D eigenvalue weighted by atomic mass is 10.2. The summed E-state index contributed by atoms with van der Waals surface area (Å²) in [6.07, 6.45) is 0. The van der Waals surface area contributed by atoms with E-state index in [-0.39, 0.29) is 5.91 Å². The number of ether oxygens (including phenoxy) is 2. The Morgan fingerprint density at radius 1 is 0.871 bits per heavy atom. The molecular formula is C22H19ClFN3O3S. The second-order valence-corrected chi connectivity index (χ2v) is 7.12. The van der Waals surface area contributed by atoms with E-state index in [2.05, 4.69) is 16.0 Å². The minimum Gasteiger partial charge on any atom is -0.495 e. The average Bonchev–Trinajstić information content (AvgIpc) is 2.75. The molecule has 0 saturated carbocycles. The van der Waals surface area contributed by atoms with Crippen LogP contribution in [0.2, 0.25) is 5.02 Å². The highest BCUT2D eigenvalue weighted by atomic mass is 35.5. The van der Waals surface area contributed by atoms with E-state index in [0.29, 0.717) is 44.3 Å². The summed E-state index contributed by atoms with van der Waals surface area (Å²) in [4.78, 5) is 12.2. The van der Waals surface area contributed by atoms with Gasteiger partial charge in [0, 0.05) is 23.0 Å². The molecule has 3 aromatic rings. The lowest BCUT2D eigenvalue weighted by Gasteiger charge is -2.15. The predicted octanol–water partition coefficient (Wildman–Crippen LogP) is 5.56. The van der Waals surface area contributed by atoms with E-state index in [1.807, 2.05) is 0 Å². The Hall–Kier alpha value is -3.36. The van der Waals surface area contributed by atoms with Crippen molar-refractivity contribution in [1.29, 1.82) is 0 Å². The van der Waals surface area contributed by atoms with Crippen LogP contribution in [0.4, 0.5) is 21.5 Å². The fourth-order valence-electron chi connectivity index (χ4n) is 2.68. The molecule has 0 aliphatic rings. The highest BCUT2D eigenvalue weighted by molar-refractivity contribution is 7.80. The van der Waals surface area contributed by atoms with Gasteiger partial charge in [-0.25, -0.2) is 4.39 Å². The van der Waals surface area contributed by atoms with Gasteiger partial charge in [-0.2, -0.15) is 0 Å². The van der Waals surface area contributed by atoms with E-state index < -0.39 is 5.82 Å². The van der Waals surface area contributed by atoms with Crippen molar-refractivity contribution in [3.63, 3.8) is 0 Å². The molecule has 0 aromatic heterocycles. The summed E-state index contributed by atoms with van der Waals surface area (Å²) in [6, 6.07) is 15.6. The zero-order valence-electron chi connectivity index (χ0n) is 16.7. The van der Waals surface area contributed by atoms with E-state index >= 15 is 0 Å². The third kappa shape index (κ3) is 5.84. The van der Waals surface area contributed by atoms with Crippen LogP contribution < -0.4 is 25.4 Å². The summed E-state index contributed by atoms with van der Waals surface area (Å²) in [7, 11) is 3.05. The third-order valence-electron chi connectivity index (χ3n) is 4.23. The van der Waals surface area contributed by atoms with E-state index in [9.17, 15) is 9.18 Å². The molecule has 0 spiro atoms. The van der Waals surface area contributed by atoms with Crippen LogP contribution in [0.3, 0.4) is 0 Å². The van der Waals surface area contributed by atoms with Crippen LogP contribution in [0.25, 0.3) is 0 Å². The lowest BCUT2D eigenvalue weighted by molar-refractivity contribution is 0.102. The van der Waals surface area contributed by atoms with Crippen molar-refractivity contribution in [2.45, 2.75) is 0 Å². The van der Waals surface area contributed by atoms with Crippen molar-refractivity contribution in [2.24, 2.45) is 0 Å². The molecule has 0 aliphatic heterocycles. The van der Waals surface area contributed by atoms with Gasteiger partial charge >= 0.3 is 0 Å². The molecule has 0 radical (unpaired) electrons. The second kappa shape index (κ2) is 10.1. The topological polar surface area (TPSA) is 71.6 Å². The monoisotopic (exact) mass is 459 g/mol. The summed E-state index contributed by atoms with van der Waals surface area (Å²) >= 11 is 11.5. The van der Waals surface area contributed by atoms with Crippen molar-refractivity contribution in [3.8, 4) is 11.5 Å². The first-order valence-corrected chi connectivity index (χ1v) is 9.84. The normalized spacial score (nSPS) is 10.2. The van der Waals surface area contributed by atoms with E-state index in [4.69, 9.17) is 33.3 Å². The number of hydrogen-bond acceptors (Lipinski definition) is 4. The number of amides is 1. The van der Waals surface area contributed by atoms with Gasteiger partial charge in [-0.3, -0.25) is 4.79 Å². The van der Waals surface area contributed by atoms with Gasteiger partial charge < -0.3 is 25.4 Å². The summed E-state index contributed by atoms with van der Waals surface area (Å²) in [6.45, 7) is 0. The first-order valence-electron chi connectivity index (χ1n) is 9.06. The van der Waals surface area contributed by atoms with Crippen molar-refractivity contribution < 1.29 is 18.7 Å². The number of thiocarbonyl (C=S) groups is 1. The molecule has 0 heterocycles. The molecule has 0 fully saturated rings. The smallest absolute Gasteiger partial charge is 0.255 e. The molecule has 1 amide bonds. The largest absolute Gasteiger partial charge is 0.495 e. The van der Waals surface area contributed by atoms with E-state index in [0.717, 1.165) is 0 Å². The minimum atomic E-state index is -0.397. The quantitative estimate of drug-likeness (QED) is 0.419. The van der Waals surface area contributed by atoms with Gasteiger partial charge in [0.15, 0.2) is 5.11 Å². The Morgan fingerprint density at radius 2 is 1.45 bits per heavy atom. The van der Waals surface area contributed by atoms with Crippen molar-refractivity contribution in [2.75, 3.05) is 30.2 Å². The lowest BCUT2D eigenvalue weighted by Crippen LogP contribution is -2.19. The highest BCUT2D eigenvalue weighted by Crippen LogP contribution is 2.36. The number of nitrogens with one attached hydrogen (secondary N) is 3. The first kappa shape index (κ1) is 22.3. The Balaban J connectivity index is 1.62. The first-order chi connectivity index (χ1) is 14.9. The maximum absolute atomic E-state index is 13.0. The van der Waals surface area contributed by atoms with Gasteiger partial charge in [0.25, 0.3) is 5.91 Å². The number of benzene rings is 3. The molecule has 0 saturated heterocycles. The highest BCUT2D eigenvalue weighted by Gasteiger charge is 2.11. The molecule has 0 aliphatic carbocycles. The number of anilines is 3. The van der Waals surface area contributed by atoms with Crippen LogP contribution in [0.1, 0.15) is 10.4 Å². The number of methoxy groups -OCH3 is 2. The number of rotatable bonds is 6. The summed E-state index contributed by atoms with van der Waals surface area (Å²) in [5, 5.41) is 9.56. The predicted molar refractivity (Wildman–Crippen MR) is 125 cm³/mol. The van der Waals surface area contributed by atoms with E-state index in [1.54, 1.807) is 36.4 Å². The van der Waals surface area contributed by atoms with Crippen LogP contribution in [0.5, 0.6) is 11.5 Å². The zero-order valence-corrected chi connectivity index (χ0v) is 18.2. The molecule has 9 heteroatoms. The maximum atomic E-state index is 13.0. The van der Waals surface area contributed by atoms with Gasteiger partial charge in [0.05, 0.1) is 24.9 Å². The average molecular weight is 460 g/mol. The number of carbonyl (C=O) groups is 1. The molecule has 160 valence electrons. The molecule has 31 heavy (non-hydrogen) atoms. The van der Waals surface area contributed by atoms with Gasteiger partial charge in [0.1, 0.15) is 17.3 Å². The minimum absolute atomic E-state index is 0.322. The molecule has 3 N–H and O–H groups in total. The fraction of sp³-hybridized carbons (Fsp3) is 0.0909. The molecule has 3 aromatic carbocycles. The fourth-order valence-corrected chi connectivity index (χ4v) is 3.15. The van der Waals surface area contributed by atoms with Gasteiger partial charge in [-0.05, 0) is 66.8 Å². The third-order valence-corrected chi connectivity index (χ3v) is 4.73. The van der Waals surface area contributed by atoms with Crippen LogP contribution in [-0.2, 0) is 0 Å². The molecule has 0 atom stereocenters. The maximum Gasteiger partial charge on any atom is 0.255 e. The Bertz CT molecular complexity index is 1090. The molecular weight excluding hydrogens is 441 g/mol. The number of hydrogen-bond donors (Lipinski definition) is 3. The molecule has 0 unspecified atom stereocenters. The van der Waals surface area contributed by atoms with Crippen LogP contribution in [-0.4, -0.2) is 25.2 Å². The zero-order chi connectivity index (χ0) is 22.4. The Labute approximate surface area is 189 Å². The van der Waals surface area contributed by atoms with Gasteiger partial charge in [-0.1, -0.05) is 11.6 Å².